The topological polar surface area (TPSA) is 38.3 Å². The summed E-state index contributed by atoms with van der Waals surface area (Å²) in [5, 5.41) is 5.40. The van der Waals surface area contributed by atoms with Gasteiger partial charge in [-0.3, -0.25) is 4.79 Å². The van der Waals surface area contributed by atoms with Crippen molar-refractivity contribution in [2.45, 2.75) is 13.5 Å². The van der Waals surface area contributed by atoms with Gasteiger partial charge in [-0.05, 0) is 42.1 Å². The lowest BCUT2D eigenvalue weighted by Gasteiger charge is -2.09. The van der Waals surface area contributed by atoms with E-state index in [0.717, 1.165) is 4.88 Å². The largest absolute Gasteiger partial charge is 0.496 e. The van der Waals surface area contributed by atoms with Gasteiger partial charge in [0.15, 0.2) is 0 Å². The highest BCUT2D eigenvalue weighted by atomic mass is 35.5. The second-order valence-corrected chi connectivity index (χ2v) is 5.49. The number of carbonyl (C=O) groups is 1. The Kier molecular flexibility index (Phi) is 4.45. The van der Waals surface area contributed by atoms with Crippen molar-refractivity contribution in [2.24, 2.45) is 0 Å². The lowest BCUT2D eigenvalue weighted by Crippen LogP contribution is -2.23. The van der Waals surface area contributed by atoms with Crippen LogP contribution in [-0.2, 0) is 6.54 Å². The molecule has 1 amide bonds. The molecule has 0 atom stereocenters. The first-order chi connectivity index (χ1) is 9.11. The quantitative estimate of drug-likeness (QED) is 0.935. The van der Waals surface area contributed by atoms with Crippen LogP contribution in [0, 0.1) is 6.92 Å². The third-order valence-corrected chi connectivity index (χ3v) is 4.04. The van der Waals surface area contributed by atoms with Crippen LogP contribution in [0.2, 0.25) is 5.02 Å². The number of hydrogen-bond acceptors (Lipinski definition) is 3. The smallest absolute Gasteiger partial charge is 0.255 e. The predicted molar refractivity (Wildman–Crippen MR) is 78.2 cm³/mol. The summed E-state index contributed by atoms with van der Waals surface area (Å²) < 4.78 is 5.17. The normalized spacial score (nSPS) is 10.3. The zero-order valence-corrected chi connectivity index (χ0v) is 12.3. The first kappa shape index (κ1) is 13.9. The average molecular weight is 296 g/mol. The van der Waals surface area contributed by atoms with Crippen LogP contribution in [-0.4, -0.2) is 13.0 Å². The van der Waals surface area contributed by atoms with Gasteiger partial charge in [-0.25, -0.2) is 0 Å². The minimum absolute atomic E-state index is 0.188. The van der Waals surface area contributed by atoms with E-state index in [0.29, 0.717) is 22.9 Å². The van der Waals surface area contributed by atoms with Gasteiger partial charge >= 0.3 is 0 Å². The molecule has 0 bridgehead atoms. The Bertz CT molecular complexity index is 595. The van der Waals surface area contributed by atoms with Crippen molar-refractivity contribution in [2.75, 3.05) is 7.11 Å². The van der Waals surface area contributed by atoms with Crippen molar-refractivity contribution in [1.29, 1.82) is 0 Å². The summed E-state index contributed by atoms with van der Waals surface area (Å²) in [4.78, 5) is 13.3. The molecule has 1 aromatic carbocycles. The molecule has 0 fully saturated rings. The molecule has 0 radical (unpaired) electrons. The van der Waals surface area contributed by atoms with Crippen molar-refractivity contribution < 1.29 is 9.53 Å². The summed E-state index contributed by atoms with van der Waals surface area (Å²) >= 11 is 7.54. The second kappa shape index (κ2) is 6.08. The summed E-state index contributed by atoms with van der Waals surface area (Å²) in [6.45, 7) is 2.54. The van der Waals surface area contributed by atoms with Crippen LogP contribution < -0.4 is 10.1 Å². The third-order valence-electron chi connectivity index (χ3n) is 2.78. The van der Waals surface area contributed by atoms with Crippen molar-refractivity contribution in [3.63, 3.8) is 0 Å². The molecule has 0 unspecified atom stereocenters. The van der Waals surface area contributed by atoms with Gasteiger partial charge in [0.1, 0.15) is 5.75 Å². The van der Waals surface area contributed by atoms with E-state index in [1.807, 2.05) is 18.4 Å². The Morgan fingerprint density at radius 1 is 1.42 bits per heavy atom. The molecule has 0 spiro atoms. The number of ether oxygens (including phenoxy) is 1. The minimum atomic E-state index is -0.188. The summed E-state index contributed by atoms with van der Waals surface area (Å²) in [7, 11) is 1.53. The maximum Gasteiger partial charge on any atom is 0.255 e. The number of benzene rings is 1. The summed E-state index contributed by atoms with van der Waals surface area (Å²) in [6.07, 6.45) is 0. The number of nitrogens with one attached hydrogen (secondary N) is 1. The van der Waals surface area contributed by atoms with E-state index >= 15 is 0 Å². The Balaban J connectivity index is 2.12. The van der Waals surface area contributed by atoms with Gasteiger partial charge in [0, 0.05) is 9.90 Å². The molecule has 1 heterocycles. The van der Waals surface area contributed by atoms with E-state index in [-0.39, 0.29) is 5.91 Å². The zero-order valence-electron chi connectivity index (χ0n) is 10.7. The number of rotatable bonds is 4. The van der Waals surface area contributed by atoms with E-state index < -0.39 is 0 Å². The molecule has 0 aliphatic rings. The Morgan fingerprint density at radius 2 is 2.21 bits per heavy atom. The summed E-state index contributed by atoms with van der Waals surface area (Å²) in [6, 6.07) is 7.03. The fraction of sp³-hybridized carbons (Fsp3) is 0.214. The fourth-order valence-electron chi connectivity index (χ4n) is 1.70. The van der Waals surface area contributed by atoms with Gasteiger partial charge in [0.05, 0.1) is 19.2 Å². The maximum absolute atomic E-state index is 12.1. The number of halogens is 1. The van der Waals surface area contributed by atoms with Crippen LogP contribution >= 0.6 is 22.9 Å². The van der Waals surface area contributed by atoms with E-state index in [1.54, 1.807) is 29.5 Å². The van der Waals surface area contributed by atoms with Gasteiger partial charge < -0.3 is 10.1 Å². The molecule has 1 aromatic heterocycles. The molecule has 1 N–H and O–H groups in total. The van der Waals surface area contributed by atoms with Crippen LogP contribution in [0.25, 0.3) is 0 Å². The number of hydrogen-bond donors (Lipinski definition) is 1. The molecule has 5 heteroatoms. The van der Waals surface area contributed by atoms with Crippen molar-refractivity contribution in [1.82, 2.24) is 5.32 Å². The number of methoxy groups -OCH3 is 1. The first-order valence-corrected chi connectivity index (χ1v) is 7.02. The molecule has 19 heavy (non-hydrogen) atoms. The summed E-state index contributed by atoms with van der Waals surface area (Å²) in [5.74, 6) is 0.331. The average Bonchev–Trinajstić information content (AvgIpc) is 2.81. The van der Waals surface area contributed by atoms with Gasteiger partial charge in [-0.2, -0.15) is 0 Å². The fourth-order valence-corrected chi connectivity index (χ4v) is 2.72. The molecular weight excluding hydrogens is 282 g/mol. The van der Waals surface area contributed by atoms with Crippen LogP contribution in [0.15, 0.2) is 29.6 Å². The van der Waals surface area contributed by atoms with Gasteiger partial charge in [-0.1, -0.05) is 11.6 Å². The highest BCUT2D eigenvalue weighted by molar-refractivity contribution is 7.10. The maximum atomic E-state index is 12.1. The van der Waals surface area contributed by atoms with E-state index in [1.165, 1.54) is 12.7 Å². The number of thiophene rings is 1. The Hall–Kier alpha value is -1.52. The van der Waals surface area contributed by atoms with Gasteiger partial charge in [0.25, 0.3) is 5.91 Å². The SMILES string of the molecule is COc1ccc(Cl)cc1C(=O)NCc1sccc1C. The van der Waals surface area contributed by atoms with Crippen molar-refractivity contribution in [3.05, 3.63) is 50.7 Å². The molecule has 3 nitrogen and oxygen atoms in total. The lowest BCUT2D eigenvalue weighted by atomic mass is 10.2. The highest BCUT2D eigenvalue weighted by Crippen LogP contribution is 2.23. The minimum Gasteiger partial charge on any atom is -0.496 e. The van der Waals surface area contributed by atoms with Crippen molar-refractivity contribution in [3.8, 4) is 5.75 Å². The number of amides is 1. The molecule has 0 aliphatic heterocycles. The van der Waals surface area contributed by atoms with Gasteiger partial charge in [-0.15, -0.1) is 11.3 Å². The molecule has 0 saturated heterocycles. The zero-order chi connectivity index (χ0) is 13.8. The lowest BCUT2D eigenvalue weighted by molar-refractivity contribution is 0.0948. The van der Waals surface area contributed by atoms with Gasteiger partial charge in [0.2, 0.25) is 0 Å². The predicted octanol–water partition coefficient (Wildman–Crippen LogP) is 3.65. The second-order valence-electron chi connectivity index (χ2n) is 4.05. The van der Waals surface area contributed by atoms with Crippen molar-refractivity contribution >= 4 is 28.8 Å². The van der Waals surface area contributed by atoms with Crippen LogP contribution in [0.1, 0.15) is 20.8 Å². The molecule has 0 saturated carbocycles. The van der Waals surface area contributed by atoms with Crippen LogP contribution in [0.4, 0.5) is 0 Å². The number of carbonyl (C=O) groups excluding carboxylic acids is 1. The molecule has 0 aliphatic carbocycles. The van der Waals surface area contributed by atoms with Crippen LogP contribution in [0.3, 0.4) is 0 Å². The van der Waals surface area contributed by atoms with E-state index in [2.05, 4.69) is 5.32 Å². The molecular formula is C14H14ClNO2S. The third kappa shape index (κ3) is 3.28. The standard InChI is InChI=1S/C14H14ClNO2S/c1-9-5-6-19-13(9)8-16-14(17)11-7-10(15)3-4-12(11)18-2/h3-7H,8H2,1-2H3,(H,16,17). The van der Waals surface area contributed by atoms with Crippen LogP contribution in [0.5, 0.6) is 5.75 Å². The molecule has 100 valence electrons. The Labute approximate surface area is 121 Å². The molecule has 2 rings (SSSR count). The highest BCUT2D eigenvalue weighted by Gasteiger charge is 2.13. The monoisotopic (exact) mass is 295 g/mol. The first-order valence-electron chi connectivity index (χ1n) is 5.76. The Morgan fingerprint density at radius 3 is 2.84 bits per heavy atom. The summed E-state index contributed by atoms with van der Waals surface area (Å²) in [5.41, 5.74) is 1.63. The molecule has 2 aromatic rings. The van der Waals surface area contributed by atoms with E-state index in [4.69, 9.17) is 16.3 Å². The number of aryl methyl sites for hydroxylation is 1. The van der Waals surface area contributed by atoms with E-state index in [9.17, 15) is 4.79 Å².